The number of aromatic carboxylic acids is 1. The molecular formula is C20H18N3O5S-. The zero-order valence-corrected chi connectivity index (χ0v) is 16.6. The number of ether oxygens (including phenoxy) is 1. The van der Waals surface area contributed by atoms with Gasteiger partial charge in [-0.1, -0.05) is 23.9 Å². The van der Waals surface area contributed by atoms with Crippen molar-refractivity contribution in [1.29, 1.82) is 0 Å². The highest BCUT2D eigenvalue weighted by atomic mass is 32.2. The number of amides is 2. The molecule has 1 aliphatic rings. The van der Waals surface area contributed by atoms with Crippen LogP contribution in [0.5, 0.6) is 5.75 Å². The Bertz CT molecular complexity index is 957. The number of carbonyl (C=O) groups excluding carboxylic acids is 3. The van der Waals surface area contributed by atoms with Crippen molar-refractivity contribution < 1.29 is 24.2 Å². The number of thioether (sulfide) groups is 1. The third-order valence-corrected chi connectivity index (χ3v) is 5.44. The van der Waals surface area contributed by atoms with Crippen molar-refractivity contribution in [3.05, 3.63) is 54.1 Å². The van der Waals surface area contributed by atoms with Gasteiger partial charge in [0.1, 0.15) is 11.0 Å². The maximum Gasteiger partial charge on any atom is 0.242 e. The third kappa shape index (κ3) is 4.94. The minimum atomic E-state index is -1.29. The smallest absolute Gasteiger partial charge is 0.242 e. The van der Waals surface area contributed by atoms with Crippen molar-refractivity contribution in [2.75, 3.05) is 19.5 Å². The molecule has 2 aromatic rings. The number of aliphatic imine (C=N–C) groups is 1. The van der Waals surface area contributed by atoms with Crippen molar-refractivity contribution in [3.63, 3.8) is 0 Å². The predicted molar refractivity (Wildman–Crippen MR) is 108 cm³/mol. The average molecular weight is 412 g/mol. The molecule has 0 bridgehead atoms. The van der Waals surface area contributed by atoms with Crippen LogP contribution >= 0.6 is 11.8 Å². The highest BCUT2D eigenvalue weighted by molar-refractivity contribution is 8.15. The molecule has 0 spiro atoms. The third-order valence-electron chi connectivity index (χ3n) is 4.21. The molecule has 0 unspecified atom stereocenters. The summed E-state index contributed by atoms with van der Waals surface area (Å²) < 4.78 is 5.11. The van der Waals surface area contributed by atoms with Crippen LogP contribution in [0, 0.1) is 0 Å². The number of hydrogen-bond donors (Lipinski definition) is 1. The number of anilines is 1. The van der Waals surface area contributed by atoms with Gasteiger partial charge in [0.25, 0.3) is 0 Å². The Morgan fingerprint density at radius 2 is 1.83 bits per heavy atom. The highest BCUT2D eigenvalue weighted by Crippen LogP contribution is 2.31. The molecule has 0 saturated carbocycles. The van der Waals surface area contributed by atoms with Gasteiger partial charge in [-0.15, -0.1) is 0 Å². The van der Waals surface area contributed by atoms with Gasteiger partial charge in [0, 0.05) is 19.2 Å². The van der Waals surface area contributed by atoms with Crippen LogP contribution in [0.1, 0.15) is 16.8 Å². The van der Waals surface area contributed by atoms with Crippen molar-refractivity contribution in [3.8, 4) is 5.75 Å². The molecule has 2 aromatic carbocycles. The fourth-order valence-electron chi connectivity index (χ4n) is 2.63. The molecule has 1 atom stereocenters. The Labute approximate surface area is 171 Å². The van der Waals surface area contributed by atoms with Gasteiger partial charge in [0.15, 0.2) is 5.17 Å². The quantitative estimate of drug-likeness (QED) is 0.772. The van der Waals surface area contributed by atoms with E-state index in [0.717, 1.165) is 0 Å². The van der Waals surface area contributed by atoms with E-state index < -0.39 is 11.2 Å². The Morgan fingerprint density at radius 1 is 1.17 bits per heavy atom. The molecule has 1 saturated heterocycles. The summed E-state index contributed by atoms with van der Waals surface area (Å²) in [6, 6.07) is 12.7. The lowest BCUT2D eigenvalue weighted by Gasteiger charge is -2.10. The van der Waals surface area contributed by atoms with E-state index in [4.69, 9.17) is 4.74 Å². The molecule has 1 heterocycles. The first kappa shape index (κ1) is 20.4. The van der Waals surface area contributed by atoms with Crippen molar-refractivity contribution >= 4 is 46.1 Å². The fourth-order valence-corrected chi connectivity index (χ4v) is 3.79. The van der Waals surface area contributed by atoms with Crippen LogP contribution in [-0.2, 0) is 9.59 Å². The molecule has 1 N–H and O–H groups in total. The van der Waals surface area contributed by atoms with E-state index in [9.17, 15) is 19.5 Å². The molecule has 1 fully saturated rings. The van der Waals surface area contributed by atoms with Gasteiger partial charge < -0.3 is 20.0 Å². The molecule has 150 valence electrons. The van der Waals surface area contributed by atoms with Gasteiger partial charge >= 0.3 is 0 Å². The number of carbonyl (C=O) groups is 3. The Balaban J connectivity index is 1.63. The maximum atomic E-state index is 12.5. The van der Waals surface area contributed by atoms with Crippen molar-refractivity contribution in [2.24, 2.45) is 4.99 Å². The molecule has 3 rings (SSSR count). The zero-order valence-electron chi connectivity index (χ0n) is 15.7. The first-order valence-electron chi connectivity index (χ1n) is 8.65. The normalized spacial score (nSPS) is 17.4. The number of nitrogens with zero attached hydrogens (tertiary/aromatic N) is 2. The first-order valence-corrected chi connectivity index (χ1v) is 9.53. The van der Waals surface area contributed by atoms with Crippen LogP contribution in [0.4, 0.5) is 11.4 Å². The van der Waals surface area contributed by atoms with Crippen molar-refractivity contribution in [1.82, 2.24) is 4.90 Å². The second-order valence-corrected chi connectivity index (χ2v) is 7.38. The zero-order chi connectivity index (χ0) is 21.0. The number of amidine groups is 1. The van der Waals surface area contributed by atoms with Crippen LogP contribution < -0.4 is 15.2 Å². The van der Waals surface area contributed by atoms with Gasteiger partial charge in [-0.25, -0.2) is 4.99 Å². The van der Waals surface area contributed by atoms with Gasteiger partial charge in [-0.3, -0.25) is 14.5 Å². The number of methoxy groups -OCH3 is 1. The average Bonchev–Trinajstić information content (AvgIpc) is 2.96. The van der Waals surface area contributed by atoms with Gasteiger partial charge in [-0.2, -0.15) is 0 Å². The highest BCUT2D eigenvalue weighted by Gasteiger charge is 2.37. The molecule has 8 nitrogen and oxygen atoms in total. The minimum Gasteiger partial charge on any atom is -0.545 e. The van der Waals surface area contributed by atoms with E-state index in [0.29, 0.717) is 22.3 Å². The molecular weight excluding hydrogens is 394 g/mol. The summed E-state index contributed by atoms with van der Waals surface area (Å²) in [5.74, 6) is -1.14. The summed E-state index contributed by atoms with van der Waals surface area (Å²) in [6.07, 6.45) is -0.0300. The van der Waals surface area contributed by atoms with Crippen LogP contribution in [-0.4, -0.2) is 47.3 Å². The van der Waals surface area contributed by atoms with E-state index in [2.05, 4.69) is 10.3 Å². The lowest BCUT2D eigenvalue weighted by molar-refractivity contribution is -0.255. The summed E-state index contributed by atoms with van der Waals surface area (Å²) in [5, 5.41) is 13.3. The molecule has 0 radical (unpaired) electrons. The number of nitrogens with one attached hydrogen (secondary N) is 1. The van der Waals surface area contributed by atoms with Gasteiger partial charge in [0.05, 0.1) is 18.8 Å². The summed E-state index contributed by atoms with van der Waals surface area (Å²) in [5.41, 5.74) is 1.13. The molecule has 1 aliphatic heterocycles. The lowest BCUT2D eigenvalue weighted by atomic mass is 10.2. The van der Waals surface area contributed by atoms with E-state index in [1.54, 1.807) is 38.4 Å². The minimum absolute atomic E-state index is 0.0190. The standard InChI is InChI=1S/C20H19N3O5S/c1-23-18(25)16(29-20(23)22-14-7-9-15(28-2)10-8-14)11-17(24)21-13-5-3-12(4-6-13)19(26)27/h3-10,16H,11H2,1-2H3,(H,21,24)(H,26,27)/p-1/t16-/m0/s1. The summed E-state index contributed by atoms with van der Waals surface area (Å²) >= 11 is 1.23. The second kappa shape index (κ2) is 8.78. The van der Waals surface area contributed by atoms with E-state index in [-0.39, 0.29) is 23.8 Å². The monoisotopic (exact) mass is 412 g/mol. The summed E-state index contributed by atoms with van der Waals surface area (Å²) in [4.78, 5) is 41.4. The second-order valence-electron chi connectivity index (χ2n) is 6.21. The van der Waals surface area contributed by atoms with Gasteiger partial charge in [-0.05, 0) is 42.0 Å². The molecule has 0 aromatic heterocycles. The van der Waals surface area contributed by atoms with Crippen LogP contribution in [0.2, 0.25) is 0 Å². The number of carboxylic acid groups (broad SMARTS) is 1. The lowest BCUT2D eigenvalue weighted by Crippen LogP contribution is -2.30. The number of hydrogen-bond acceptors (Lipinski definition) is 7. The van der Waals surface area contributed by atoms with Gasteiger partial charge in [0.2, 0.25) is 11.8 Å². The Hall–Kier alpha value is -3.33. The SMILES string of the molecule is COc1ccc(N=C2S[C@@H](CC(=O)Nc3ccc(C(=O)[O-])cc3)C(=O)N2C)cc1. The Kier molecular flexibility index (Phi) is 6.18. The molecule has 0 aliphatic carbocycles. The number of carboxylic acids is 1. The Morgan fingerprint density at radius 3 is 2.41 bits per heavy atom. The van der Waals surface area contributed by atoms with E-state index in [1.165, 1.54) is 40.9 Å². The van der Waals surface area contributed by atoms with E-state index >= 15 is 0 Å². The number of rotatable bonds is 6. The molecule has 2 amide bonds. The number of benzene rings is 2. The summed E-state index contributed by atoms with van der Waals surface area (Å²) in [7, 11) is 3.20. The van der Waals surface area contributed by atoms with Crippen LogP contribution in [0.3, 0.4) is 0 Å². The fraction of sp³-hybridized carbons (Fsp3) is 0.200. The van der Waals surface area contributed by atoms with Crippen LogP contribution in [0.15, 0.2) is 53.5 Å². The van der Waals surface area contributed by atoms with Crippen LogP contribution in [0.25, 0.3) is 0 Å². The molecule has 29 heavy (non-hydrogen) atoms. The summed E-state index contributed by atoms with van der Waals surface area (Å²) in [6.45, 7) is 0. The maximum absolute atomic E-state index is 12.5. The topological polar surface area (TPSA) is 111 Å². The largest absolute Gasteiger partial charge is 0.545 e. The molecule has 9 heteroatoms. The van der Waals surface area contributed by atoms with Crippen molar-refractivity contribution in [2.45, 2.75) is 11.7 Å². The predicted octanol–water partition coefficient (Wildman–Crippen LogP) is 1.65. The van der Waals surface area contributed by atoms with E-state index in [1.807, 2.05) is 0 Å². The first-order chi connectivity index (χ1) is 13.9.